The maximum absolute atomic E-state index is 13.5. The summed E-state index contributed by atoms with van der Waals surface area (Å²) in [6, 6.07) is 1.94. The van der Waals surface area contributed by atoms with Crippen LogP contribution in [-0.2, 0) is 9.53 Å². The van der Waals surface area contributed by atoms with Crippen molar-refractivity contribution < 1.29 is 19.0 Å². The molecule has 1 N–H and O–H groups in total. The summed E-state index contributed by atoms with van der Waals surface area (Å²) in [7, 11) is 0. The summed E-state index contributed by atoms with van der Waals surface area (Å²) in [5.41, 5.74) is 0.482. The summed E-state index contributed by atoms with van der Waals surface area (Å²) in [6.07, 6.45) is -0.468. The minimum absolute atomic E-state index is 0.0506. The molecule has 0 unspecified atom stereocenters. The molecule has 1 fully saturated rings. The van der Waals surface area contributed by atoms with E-state index in [1.54, 1.807) is 11.8 Å². The van der Waals surface area contributed by atoms with E-state index in [4.69, 9.17) is 33.0 Å². The summed E-state index contributed by atoms with van der Waals surface area (Å²) in [4.78, 5) is 12.8. The molecule has 0 amide bonds. The Labute approximate surface area is 126 Å². The quantitative estimate of drug-likeness (QED) is 0.869. The zero-order chi connectivity index (χ0) is 14.9. The Kier molecular flexibility index (Phi) is 4.86. The molecule has 1 saturated heterocycles. The Hall–Kier alpha value is -0.880. The third-order valence-electron chi connectivity index (χ3n) is 3.39. The maximum atomic E-state index is 13.5. The Morgan fingerprint density at radius 1 is 1.50 bits per heavy atom. The number of carbonyl (C=O) groups is 1. The lowest BCUT2D eigenvalue weighted by Crippen LogP contribution is -2.46. The molecule has 1 aliphatic heterocycles. The van der Waals surface area contributed by atoms with Crippen LogP contribution in [0.1, 0.15) is 18.6 Å². The molecule has 0 spiro atoms. The standard InChI is InChI=1S/C13H14Cl2FNO3/c1-7(13(18)19)17-2-3-20-12(6-17)8-4-11(16)10(15)5-9(8)14/h4-5,7,12H,2-3,6H2,1H3,(H,18,19)/t7-,12+/m0/s1. The van der Waals surface area contributed by atoms with Crippen molar-refractivity contribution in [3.05, 3.63) is 33.6 Å². The molecule has 1 aromatic carbocycles. The van der Waals surface area contributed by atoms with Crippen LogP contribution in [0.2, 0.25) is 10.0 Å². The molecule has 1 heterocycles. The van der Waals surface area contributed by atoms with Gasteiger partial charge in [0.15, 0.2) is 0 Å². The number of hydrogen-bond donors (Lipinski definition) is 1. The minimum Gasteiger partial charge on any atom is -0.480 e. The summed E-state index contributed by atoms with van der Waals surface area (Å²) < 4.78 is 19.1. The average Bonchev–Trinajstić information content (AvgIpc) is 2.42. The molecule has 7 heteroatoms. The number of halogens is 3. The van der Waals surface area contributed by atoms with Gasteiger partial charge in [0.25, 0.3) is 0 Å². The topological polar surface area (TPSA) is 49.8 Å². The van der Waals surface area contributed by atoms with Crippen LogP contribution < -0.4 is 0 Å². The predicted molar refractivity (Wildman–Crippen MR) is 73.8 cm³/mol. The fraction of sp³-hybridized carbons (Fsp3) is 0.462. The second-order valence-corrected chi connectivity index (χ2v) is 5.47. The molecule has 110 valence electrons. The lowest BCUT2D eigenvalue weighted by atomic mass is 10.1. The summed E-state index contributed by atoms with van der Waals surface area (Å²) in [5.74, 6) is -1.47. The van der Waals surface area contributed by atoms with E-state index in [1.807, 2.05) is 0 Å². The number of ether oxygens (including phenoxy) is 1. The minimum atomic E-state index is -0.904. The maximum Gasteiger partial charge on any atom is 0.320 e. The van der Waals surface area contributed by atoms with E-state index < -0.39 is 23.9 Å². The zero-order valence-corrected chi connectivity index (χ0v) is 12.3. The predicted octanol–water partition coefficient (Wildman–Crippen LogP) is 2.98. The highest BCUT2D eigenvalue weighted by Crippen LogP contribution is 2.32. The van der Waals surface area contributed by atoms with Crippen molar-refractivity contribution >= 4 is 29.2 Å². The number of aliphatic carboxylic acids is 1. The average molecular weight is 322 g/mol. The number of hydrogen-bond acceptors (Lipinski definition) is 3. The number of carboxylic acid groups (broad SMARTS) is 1. The number of carboxylic acids is 1. The lowest BCUT2D eigenvalue weighted by molar-refractivity contribution is -0.145. The van der Waals surface area contributed by atoms with Gasteiger partial charge >= 0.3 is 5.97 Å². The van der Waals surface area contributed by atoms with Crippen molar-refractivity contribution in [1.29, 1.82) is 0 Å². The molecule has 4 nitrogen and oxygen atoms in total. The fourth-order valence-corrected chi connectivity index (χ4v) is 2.65. The molecule has 1 aromatic rings. The Morgan fingerprint density at radius 3 is 2.85 bits per heavy atom. The van der Waals surface area contributed by atoms with Crippen LogP contribution in [-0.4, -0.2) is 41.7 Å². The van der Waals surface area contributed by atoms with Crippen LogP contribution in [0.25, 0.3) is 0 Å². The number of benzene rings is 1. The highest BCUT2D eigenvalue weighted by atomic mass is 35.5. The first-order valence-corrected chi connectivity index (χ1v) is 6.88. The second-order valence-electron chi connectivity index (χ2n) is 4.66. The van der Waals surface area contributed by atoms with E-state index in [2.05, 4.69) is 0 Å². The van der Waals surface area contributed by atoms with Crippen molar-refractivity contribution in [2.24, 2.45) is 0 Å². The first-order chi connectivity index (χ1) is 9.40. The second kappa shape index (κ2) is 6.26. The number of morpholine rings is 1. The Bertz CT molecular complexity index is 527. The van der Waals surface area contributed by atoms with Crippen LogP contribution in [0.3, 0.4) is 0 Å². The normalized spacial score (nSPS) is 21.7. The zero-order valence-electron chi connectivity index (χ0n) is 10.8. The molecule has 0 aliphatic carbocycles. The van der Waals surface area contributed by atoms with Crippen LogP contribution in [0.4, 0.5) is 4.39 Å². The van der Waals surface area contributed by atoms with Crippen LogP contribution in [0.5, 0.6) is 0 Å². The van der Waals surface area contributed by atoms with Crippen LogP contribution >= 0.6 is 23.2 Å². The van der Waals surface area contributed by atoms with Crippen molar-refractivity contribution in [1.82, 2.24) is 4.90 Å². The molecule has 2 rings (SSSR count). The summed E-state index contributed by atoms with van der Waals surface area (Å²) >= 11 is 11.7. The summed E-state index contributed by atoms with van der Waals surface area (Å²) in [5, 5.41) is 9.30. The fourth-order valence-electron chi connectivity index (χ4n) is 2.15. The van der Waals surface area contributed by atoms with Crippen molar-refractivity contribution in [3.8, 4) is 0 Å². The van der Waals surface area contributed by atoms with Crippen molar-refractivity contribution in [2.45, 2.75) is 19.1 Å². The largest absolute Gasteiger partial charge is 0.480 e. The molecule has 2 atom stereocenters. The van der Waals surface area contributed by atoms with Gasteiger partial charge in [-0.25, -0.2) is 4.39 Å². The third kappa shape index (κ3) is 3.23. The highest BCUT2D eigenvalue weighted by Gasteiger charge is 2.30. The van der Waals surface area contributed by atoms with E-state index in [0.717, 1.165) is 0 Å². The lowest BCUT2D eigenvalue weighted by Gasteiger charge is -2.35. The van der Waals surface area contributed by atoms with E-state index >= 15 is 0 Å². The third-order valence-corrected chi connectivity index (χ3v) is 4.01. The van der Waals surface area contributed by atoms with Gasteiger partial charge in [0.2, 0.25) is 0 Å². The number of nitrogens with zero attached hydrogens (tertiary/aromatic N) is 1. The van der Waals surface area contributed by atoms with E-state index in [0.29, 0.717) is 30.3 Å². The van der Waals surface area contributed by atoms with Gasteiger partial charge in [0.05, 0.1) is 17.7 Å². The SMILES string of the molecule is C[C@@H](C(=O)O)N1CCO[C@@H](c2cc(F)c(Cl)cc2Cl)C1. The van der Waals surface area contributed by atoms with Crippen molar-refractivity contribution in [2.75, 3.05) is 19.7 Å². The Morgan fingerprint density at radius 2 is 2.20 bits per heavy atom. The molecule has 0 bridgehead atoms. The van der Waals surface area contributed by atoms with Gasteiger partial charge in [-0.2, -0.15) is 0 Å². The van der Waals surface area contributed by atoms with Crippen LogP contribution in [0.15, 0.2) is 12.1 Å². The van der Waals surface area contributed by atoms with Gasteiger partial charge in [-0.1, -0.05) is 23.2 Å². The van der Waals surface area contributed by atoms with E-state index in [1.165, 1.54) is 12.1 Å². The molecule has 0 saturated carbocycles. The monoisotopic (exact) mass is 321 g/mol. The smallest absolute Gasteiger partial charge is 0.320 e. The van der Waals surface area contributed by atoms with Gasteiger partial charge in [-0.15, -0.1) is 0 Å². The van der Waals surface area contributed by atoms with Gasteiger partial charge in [-0.3, -0.25) is 9.69 Å². The van der Waals surface area contributed by atoms with Gasteiger partial charge < -0.3 is 9.84 Å². The van der Waals surface area contributed by atoms with E-state index in [-0.39, 0.29) is 5.02 Å². The molecule has 20 heavy (non-hydrogen) atoms. The first-order valence-electron chi connectivity index (χ1n) is 6.13. The first kappa shape index (κ1) is 15.5. The van der Waals surface area contributed by atoms with Gasteiger partial charge in [0.1, 0.15) is 11.9 Å². The molecular weight excluding hydrogens is 308 g/mol. The Balaban J connectivity index is 2.21. The summed E-state index contributed by atoms with van der Waals surface area (Å²) in [6.45, 7) is 2.82. The van der Waals surface area contributed by atoms with Crippen LogP contribution in [0, 0.1) is 5.82 Å². The number of rotatable bonds is 3. The molecule has 0 aromatic heterocycles. The highest BCUT2D eigenvalue weighted by molar-refractivity contribution is 6.35. The molecule has 0 radical (unpaired) electrons. The van der Waals surface area contributed by atoms with Crippen molar-refractivity contribution in [3.63, 3.8) is 0 Å². The van der Waals surface area contributed by atoms with Gasteiger partial charge in [-0.05, 0) is 19.1 Å². The van der Waals surface area contributed by atoms with Gasteiger partial charge in [0, 0.05) is 23.7 Å². The molecule has 1 aliphatic rings. The van der Waals surface area contributed by atoms with E-state index in [9.17, 15) is 9.18 Å². The molecular formula is C13H14Cl2FNO3.